The first-order valence-corrected chi connectivity index (χ1v) is 5.55. The summed E-state index contributed by atoms with van der Waals surface area (Å²) in [5.41, 5.74) is 0.712. The van der Waals surface area contributed by atoms with E-state index in [2.05, 4.69) is 15.3 Å². The Labute approximate surface area is 89.8 Å². The third-order valence-electron chi connectivity index (χ3n) is 2.89. The molecule has 0 bridgehead atoms. The van der Waals surface area contributed by atoms with Crippen LogP contribution in [0.3, 0.4) is 0 Å². The van der Waals surface area contributed by atoms with Gasteiger partial charge >= 0.3 is 0 Å². The van der Waals surface area contributed by atoms with Crippen molar-refractivity contribution in [2.24, 2.45) is 0 Å². The quantitative estimate of drug-likeness (QED) is 0.761. The van der Waals surface area contributed by atoms with Crippen molar-refractivity contribution in [3.8, 4) is 0 Å². The van der Waals surface area contributed by atoms with Crippen LogP contribution in [-0.2, 0) is 0 Å². The second kappa shape index (κ2) is 5.19. The molecular formula is C11H17N3O. The summed E-state index contributed by atoms with van der Waals surface area (Å²) in [6.07, 6.45) is 7.29. The van der Waals surface area contributed by atoms with E-state index in [9.17, 15) is 5.11 Å². The zero-order valence-corrected chi connectivity index (χ0v) is 8.76. The van der Waals surface area contributed by atoms with Gasteiger partial charge in [0.25, 0.3) is 0 Å². The lowest BCUT2D eigenvalue weighted by atomic mass is 10.0. The van der Waals surface area contributed by atoms with E-state index in [1.165, 1.54) is 25.6 Å². The van der Waals surface area contributed by atoms with E-state index in [1.807, 2.05) is 0 Å². The normalized spacial score (nSPS) is 24.5. The van der Waals surface area contributed by atoms with Gasteiger partial charge in [-0.25, -0.2) is 9.97 Å². The van der Waals surface area contributed by atoms with E-state index in [0.717, 1.165) is 13.0 Å². The van der Waals surface area contributed by atoms with Gasteiger partial charge in [-0.1, -0.05) is 12.8 Å². The van der Waals surface area contributed by atoms with E-state index in [0.29, 0.717) is 5.69 Å². The lowest BCUT2D eigenvalue weighted by Crippen LogP contribution is -2.34. The first-order chi connectivity index (χ1) is 7.38. The lowest BCUT2D eigenvalue weighted by molar-refractivity contribution is 0.122. The van der Waals surface area contributed by atoms with E-state index < -0.39 is 6.10 Å². The predicted octanol–water partition coefficient (Wildman–Crippen LogP) is 1.04. The smallest absolute Gasteiger partial charge is 0.115 e. The molecule has 1 fully saturated rings. The Morgan fingerprint density at radius 3 is 3.13 bits per heavy atom. The van der Waals surface area contributed by atoms with Crippen LogP contribution in [0, 0.1) is 0 Å². The summed E-state index contributed by atoms with van der Waals surface area (Å²) >= 11 is 0. The summed E-state index contributed by atoms with van der Waals surface area (Å²) in [6, 6.07) is 1.92. The SMILES string of the molecule is OC(c1ccncn1)C1CCCCCN1. The van der Waals surface area contributed by atoms with Gasteiger partial charge in [-0.15, -0.1) is 0 Å². The second-order valence-corrected chi connectivity index (χ2v) is 3.99. The Morgan fingerprint density at radius 2 is 2.33 bits per heavy atom. The minimum atomic E-state index is -0.508. The van der Waals surface area contributed by atoms with Crippen molar-refractivity contribution in [1.82, 2.24) is 15.3 Å². The van der Waals surface area contributed by atoms with Gasteiger partial charge in [0.2, 0.25) is 0 Å². The Bertz CT molecular complexity index is 283. The molecule has 0 aromatic carbocycles. The van der Waals surface area contributed by atoms with E-state index in [-0.39, 0.29) is 6.04 Å². The molecule has 1 aromatic heterocycles. The second-order valence-electron chi connectivity index (χ2n) is 3.99. The standard InChI is InChI=1S/C11H17N3O/c15-11(10-5-7-12-8-14-10)9-4-2-1-3-6-13-9/h5,7-9,11,13,15H,1-4,6H2. The maximum absolute atomic E-state index is 10.1. The number of aliphatic hydroxyl groups excluding tert-OH is 1. The predicted molar refractivity (Wildman–Crippen MR) is 57.3 cm³/mol. The molecule has 2 heterocycles. The minimum absolute atomic E-state index is 0.141. The fourth-order valence-electron chi connectivity index (χ4n) is 2.01. The maximum atomic E-state index is 10.1. The third-order valence-corrected chi connectivity index (χ3v) is 2.89. The molecule has 1 aromatic rings. The third kappa shape index (κ3) is 2.73. The molecule has 2 atom stereocenters. The van der Waals surface area contributed by atoms with Crippen molar-refractivity contribution in [3.05, 3.63) is 24.3 Å². The van der Waals surface area contributed by atoms with Crippen LogP contribution in [0.1, 0.15) is 37.5 Å². The summed E-state index contributed by atoms with van der Waals surface area (Å²) in [7, 11) is 0. The van der Waals surface area contributed by atoms with Gasteiger partial charge in [0, 0.05) is 12.2 Å². The van der Waals surface area contributed by atoms with Gasteiger partial charge < -0.3 is 10.4 Å². The number of nitrogens with one attached hydrogen (secondary N) is 1. The fraction of sp³-hybridized carbons (Fsp3) is 0.636. The Kier molecular flexibility index (Phi) is 3.64. The Balaban J connectivity index is 2.03. The van der Waals surface area contributed by atoms with E-state index in [4.69, 9.17) is 0 Å². The van der Waals surface area contributed by atoms with Crippen molar-refractivity contribution in [2.45, 2.75) is 37.8 Å². The molecule has 15 heavy (non-hydrogen) atoms. The monoisotopic (exact) mass is 207 g/mol. The van der Waals surface area contributed by atoms with E-state index >= 15 is 0 Å². The highest BCUT2D eigenvalue weighted by atomic mass is 16.3. The van der Waals surface area contributed by atoms with Gasteiger partial charge in [0.15, 0.2) is 0 Å². The molecule has 1 aliphatic heterocycles. The summed E-state index contributed by atoms with van der Waals surface area (Å²) in [5.74, 6) is 0. The number of hydrogen-bond donors (Lipinski definition) is 2. The highest BCUT2D eigenvalue weighted by Crippen LogP contribution is 2.20. The summed E-state index contributed by atoms with van der Waals surface area (Å²) in [6.45, 7) is 0.993. The average molecular weight is 207 g/mol. The molecule has 0 radical (unpaired) electrons. The van der Waals surface area contributed by atoms with Crippen LogP contribution in [0.2, 0.25) is 0 Å². The molecule has 0 saturated carbocycles. The topological polar surface area (TPSA) is 58.0 Å². The van der Waals surface area contributed by atoms with Gasteiger partial charge in [-0.3, -0.25) is 0 Å². The molecule has 82 valence electrons. The van der Waals surface area contributed by atoms with E-state index in [1.54, 1.807) is 12.3 Å². The fourth-order valence-corrected chi connectivity index (χ4v) is 2.01. The summed E-state index contributed by atoms with van der Waals surface area (Å²) in [4.78, 5) is 7.93. The molecule has 4 heteroatoms. The molecule has 2 rings (SSSR count). The molecule has 1 aliphatic rings. The van der Waals surface area contributed by atoms with Crippen LogP contribution in [0.5, 0.6) is 0 Å². The number of aliphatic hydroxyl groups is 1. The van der Waals surface area contributed by atoms with Crippen molar-refractivity contribution >= 4 is 0 Å². The highest BCUT2D eigenvalue weighted by Gasteiger charge is 2.22. The minimum Gasteiger partial charge on any atom is -0.385 e. The van der Waals surface area contributed by atoms with Gasteiger partial charge in [-0.2, -0.15) is 0 Å². The Hall–Kier alpha value is -1.00. The molecule has 4 nitrogen and oxygen atoms in total. The highest BCUT2D eigenvalue weighted by molar-refractivity contribution is 5.05. The number of hydrogen-bond acceptors (Lipinski definition) is 4. The molecule has 0 spiro atoms. The zero-order chi connectivity index (χ0) is 10.5. The molecule has 2 N–H and O–H groups in total. The van der Waals surface area contributed by atoms with Crippen LogP contribution >= 0.6 is 0 Å². The molecule has 0 amide bonds. The van der Waals surface area contributed by atoms with Gasteiger partial charge in [0.05, 0.1) is 5.69 Å². The molecule has 1 saturated heterocycles. The summed E-state index contributed by atoms with van der Waals surface area (Å²) in [5, 5.41) is 13.5. The van der Waals surface area contributed by atoms with Crippen LogP contribution in [0.25, 0.3) is 0 Å². The van der Waals surface area contributed by atoms with Crippen LogP contribution < -0.4 is 5.32 Å². The van der Waals surface area contributed by atoms with Gasteiger partial charge in [0.1, 0.15) is 12.4 Å². The van der Waals surface area contributed by atoms with Crippen LogP contribution in [0.15, 0.2) is 18.6 Å². The van der Waals surface area contributed by atoms with Gasteiger partial charge in [-0.05, 0) is 25.5 Å². The summed E-state index contributed by atoms with van der Waals surface area (Å²) < 4.78 is 0. The van der Waals surface area contributed by atoms with Crippen molar-refractivity contribution in [1.29, 1.82) is 0 Å². The molecule has 2 unspecified atom stereocenters. The van der Waals surface area contributed by atoms with Crippen LogP contribution in [0.4, 0.5) is 0 Å². The first kappa shape index (κ1) is 10.5. The van der Waals surface area contributed by atoms with Crippen molar-refractivity contribution < 1.29 is 5.11 Å². The molecular weight excluding hydrogens is 190 g/mol. The zero-order valence-electron chi connectivity index (χ0n) is 8.76. The number of nitrogens with zero attached hydrogens (tertiary/aromatic N) is 2. The first-order valence-electron chi connectivity index (χ1n) is 5.55. The van der Waals surface area contributed by atoms with Crippen molar-refractivity contribution in [2.75, 3.05) is 6.54 Å². The number of rotatable bonds is 2. The largest absolute Gasteiger partial charge is 0.385 e. The average Bonchev–Trinajstić information content (AvgIpc) is 2.58. The lowest BCUT2D eigenvalue weighted by Gasteiger charge is -2.21. The van der Waals surface area contributed by atoms with Crippen molar-refractivity contribution in [3.63, 3.8) is 0 Å². The number of aromatic nitrogens is 2. The maximum Gasteiger partial charge on any atom is 0.115 e. The van der Waals surface area contributed by atoms with Crippen LogP contribution in [-0.4, -0.2) is 27.7 Å². The molecule has 0 aliphatic carbocycles. The Morgan fingerprint density at radius 1 is 1.40 bits per heavy atom.